The summed E-state index contributed by atoms with van der Waals surface area (Å²) in [6, 6.07) is 16.1. The van der Waals surface area contributed by atoms with Gasteiger partial charge in [0, 0.05) is 34.5 Å². The number of hydrogen-bond donors (Lipinski definition) is 3. The Hall–Kier alpha value is -2.71. The molecule has 0 amide bonds. The predicted octanol–water partition coefficient (Wildman–Crippen LogP) is 7.00. The topological polar surface area (TPSA) is 83.6 Å². The van der Waals surface area contributed by atoms with Crippen molar-refractivity contribution in [2.24, 2.45) is 0 Å². The number of carbonyl (C=O) groups is 1. The minimum absolute atomic E-state index is 0.284. The molecule has 3 aromatic carbocycles. The second-order valence-corrected chi connectivity index (χ2v) is 9.86. The third-order valence-electron chi connectivity index (χ3n) is 5.73. The van der Waals surface area contributed by atoms with Crippen molar-refractivity contribution in [2.75, 3.05) is 6.61 Å². The standard InChI is InChI=1S/C27H25BrCl2N2O4/c1-2-35-25-11-18(20(28)12-26(25)36-15-16-7-8-21(29)22(30)9-16)14-32-24(27(33)34)10-17-13-31-23-6-4-3-5-19(17)23/h3-9,11-13,24,31-32H,2,10,14-15H2,1H3,(H,33,34). The summed E-state index contributed by atoms with van der Waals surface area (Å²) < 4.78 is 12.6. The van der Waals surface area contributed by atoms with Crippen LogP contribution in [0.15, 0.2) is 65.3 Å². The van der Waals surface area contributed by atoms with E-state index in [9.17, 15) is 9.90 Å². The monoisotopic (exact) mass is 590 g/mol. The Bertz CT molecular complexity index is 1380. The van der Waals surface area contributed by atoms with Gasteiger partial charge >= 0.3 is 5.97 Å². The van der Waals surface area contributed by atoms with E-state index in [1.807, 2.05) is 55.6 Å². The number of aromatic nitrogens is 1. The summed E-state index contributed by atoms with van der Waals surface area (Å²) in [5.41, 5.74) is 3.66. The third kappa shape index (κ3) is 6.34. The molecule has 1 aromatic heterocycles. The maximum Gasteiger partial charge on any atom is 0.321 e. The number of carboxylic acid groups (broad SMARTS) is 1. The average molecular weight is 592 g/mol. The molecule has 0 radical (unpaired) electrons. The maximum atomic E-state index is 12.0. The Kier molecular flexibility index (Phi) is 8.80. The summed E-state index contributed by atoms with van der Waals surface area (Å²) in [5, 5.41) is 15.0. The lowest BCUT2D eigenvalue weighted by molar-refractivity contribution is -0.139. The molecule has 6 nitrogen and oxygen atoms in total. The van der Waals surface area contributed by atoms with Crippen LogP contribution in [0.25, 0.3) is 10.9 Å². The SMILES string of the molecule is CCOc1cc(CNC(Cc2c[nH]c3ccccc23)C(=O)O)c(Br)cc1OCc1ccc(Cl)c(Cl)c1. The fourth-order valence-corrected chi connectivity index (χ4v) is 4.67. The van der Waals surface area contributed by atoms with Gasteiger partial charge < -0.3 is 19.6 Å². The number of aromatic amines is 1. The van der Waals surface area contributed by atoms with Gasteiger partial charge in [-0.2, -0.15) is 0 Å². The van der Waals surface area contributed by atoms with Crippen molar-refractivity contribution < 1.29 is 19.4 Å². The highest BCUT2D eigenvalue weighted by molar-refractivity contribution is 9.10. The number of H-pyrrole nitrogens is 1. The van der Waals surface area contributed by atoms with Crippen LogP contribution in [-0.4, -0.2) is 28.7 Å². The summed E-state index contributed by atoms with van der Waals surface area (Å²) in [6.45, 7) is 2.96. The first-order valence-corrected chi connectivity index (χ1v) is 12.9. The Balaban J connectivity index is 1.48. The summed E-state index contributed by atoms with van der Waals surface area (Å²) in [5.74, 6) is 0.219. The molecular formula is C27H25BrCl2N2O4. The molecule has 4 aromatic rings. The van der Waals surface area contributed by atoms with Crippen molar-refractivity contribution in [3.05, 3.63) is 92.0 Å². The average Bonchev–Trinajstić information content (AvgIpc) is 3.27. The molecule has 0 saturated heterocycles. The van der Waals surface area contributed by atoms with Gasteiger partial charge in [0.1, 0.15) is 12.6 Å². The molecule has 9 heteroatoms. The van der Waals surface area contributed by atoms with Crippen LogP contribution >= 0.6 is 39.1 Å². The molecule has 0 aliphatic heterocycles. The van der Waals surface area contributed by atoms with Gasteiger partial charge in [0.25, 0.3) is 0 Å². The molecule has 188 valence electrons. The van der Waals surface area contributed by atoms with Gasteiger partial charge in [0.2, 0.25) is 0 Å². The second-order valence-electron chi connectivity index (χ2n) is 8.20. The van der Waals surface area contributed by atoms with E-state index in [2.05, 4.69) is 26.2 Å². The Morgan fingerprint density at radius 2 is 1.83 bits per heavy atom. The molecule has 4 rings (SSSR count). The van der Waals surface area contributed by atoms with Crippen LogP contribution in [-0.2, 0) is 24.4 Å². The molecule has 1 atom stereocenters. The van der Waals surface area contributed by atoms with Crippen LogP contribution in [0.2, 0.25) is 10.0 Å². The number of halogens is 3. The van der Waals surface area contributed by atoms with Crippen LogP contribution in [0.4, 0.5) is 0 Å². The first-order valence-electron chi connectivity index (χ1n) is 11.4. The van der Waals surface area contributed by atoms with Crippen molar-refractivity contribution in [3.63, 3.8) is 0 Å². The third-order valence-corrected chi connectivity index (χ3v) is 7.20. The highest BCUT2D eigenvalue weighted by atomic mass is 79.9. The lowest BCUT2D eigenvalue weighted by Crippen LogP contribution is -2.38. The van der Waals surface area contributed by atoms with E-state index in [0.717, 1.165) is 32.1 Å². The molecule has 0 bridgehead atoms. The quantitative estimate of drug-likeness (QED) is 0.175. The molecule has 3 N–H and O–H groups in total. The lowest BCUT2D eigenvalue weighted by atomic mass is 10.0. The van der Waals surface area contributed by atoms with Gasteiger partial charge in [-0.3, -0.25) is 10.1 Å². The van der Waals surface area contributed by atoms with Crippen LogP contribution in [0.3, 0.4) is 0 Å². The smallest absolute Gasteiger partial charge is 0.321 e. The number of aliphatic carboxylic acids is 1. The number of hydrogen-bond acceptors (Lipinski definition) is 4. The molecule has 0 spiro atoms. The van der Waals surface area contributed by atoms with E-state index in [4.69, 9.17) is 32.7 Å². The number of rotatable bonds is 11. The molecule has 36 heavy (non-hydrogen) atoms. The largest absolute Gasteiger partial charge is 0.490 e. The summed E-state index contributed by atoms with van der Waals surface area (Å²) in [7, 11) is 0. The fraction of sp³-hybridized carbons (Fsp3) is 0.222. The number of carboxylic acids is 1. The van der Waals surface area contributed by atoms with Gasteiger partial charge in [0.15, 0.2) is 11.5 Å². The van der Waals surface area contributed by atoms with E-state index in [0.29, 0.717) is 41.1 Å². The van der Waals surface area contributed by atoms with Crippen LogP contribution in [0.1, 0.15) is 23.6 Å². The Labute approximate surface area is 227 Å². The zero-order valence-corrected chi connectivity index (χ0v) is 22.6. The van der Waals surface area contributed by atoms with E-state index in [-0.39, 0.29) is 6.61 Å². The van der Waals surface area contributed by atoms with Gasteiger partial charge in [-0.25, -0.2) is 0 Å². The van der Waals surface area contributed by atoms with Crippen molar-refractivity contribution in [2.45, 2.75) is 32.5 Å². The maximum absolute atomic E-state index is 12.0. The predicted molar refractivity (Wildman–Crippen MR) is 146 cm³/mol. The summed E-state index contributed by atoms with van der Waals surface area (Å²) in [4.78, 5) is 15.2. The zero-order chi connectivity index (χ0) is 25.7. The second kappa shape index (κ2) is 12.0. The molecule has 1 heterocycles. The molecule has 0 saturated carbocycles. The van der Waals surface area contributed by atoms with Gasteiger partial charge in [-0.05, 0) is 53.9 Å². The van der Waals surface area contributed by atoms with Crippen molar-refractivity contribution in [1.29, 1.82) is 0 Å². The number of nitrogens with one attached hydrogen (secondary N) is 2. The Morgan fingerprint density at radius 1 is 1.06 bits per heavy atom. The first-order chi connectivity index (χ1) is 17.4. The number of fused-ring (bicyclic) bond motifs is 1. The van der Waals surface area contributed by atoms with Crippen molar-refractivity contribution >= 4 is 56.0 Å². The fourth-order valence-electron chi connectivity index (χ4n) is 3.88. The Morgan fingerprint density at radius 3 is 2.58 bits per heavy atom. The number of para-hydroxylation sites is 1. The van der Waals surface area contributed by atoms with Crippen molar-refractivity contribution in [1.82, 2.24) is 10.3 Å². The van der Waals surface area contributed by atoms with Gasteiger partial charge in [-0.15, -0.1) is 0 Å². The summed E-state index contributed by atoms with van der Waals surface area (Å²) >= 11 is 15.7. The van der Waals surface area contributed by atoms with Crippen LogP contribution in [0.5, 0.6) is 11.5 Å². The normalized spacial score (nSPS) is 12.0. The van der Waals surface area contributed by atoms with Gasteiger partial charge in [-0.1, -0.05) is 63.4 Å². The summed E-state index contributed by atoms with van der Waals surface area (Å²) in [6.07, 6.45) is 2.21. The van der Waals surface area contributed by atoms with Crippen LogP contribution in [0, 0.1) is 0 Å². The molecular weight excluding hydrogens is 567 g/mol. The molecule has 0 aliphatic carbocycles. The minimum Gasteiger partial charge on any atom is -0.490 e. The van der Waals surface area contributed by atoms with E-state index < -0.39 is 12.0 Å². The zero-order valence-electron chi connectivity index (χ0n) is 19.5. The number of benzene rings is 3. The van der Waals surface area contributed by atoms with E-state index in [1.54, 1.807) is 12.1 Å². The van der Waals surface area contributed by atoms with E-state index in [1.165, 1.54) is 0 Å². The minimum atomic E-state index is -0.914. The van der Waals surface area contributed by atoms with Crippen LogP contribution < -0.4 is 14.8 Å². The van der Waals surface area contributed by atoms with E-state index >= 15 is 0 Å². The molecule has 0 fully saturated rings. The van der Waals surface area contributed by atoms with Gasteiger partial charge in [0.05, 0.1) is 16.7 Å². The number of ether oxygens (including phenoxy) is 2. The highest BCUT2D eigenvalue weighted by Crippen LogP contribution is 2.35. The van der Waals surface area contributed by atoms with Crippen molar-refractivity contribution in [3.8, 4) is 11.5 Å². The first kappa shape index (κ1) is 26.4. The molecule has 1 unspecified atom stereocenters. The lowest BCUT2D eigenvalue weighted by Gasteiger charge is -2.18. The highest BCUT2D eigenvalue weighted by Gasteiger charge is 2.20. The molecule has 0 aliphatic rings.